The zero-order valence-corrected chi connectivity index (χ0v) is 14.7. The molecule has 1 heterocycles. The first kappa shape index (κ1) is 17.3. The average Bonchev–Trinajstić information content (AvgIpc) is 2.78. The minimum absolute atomic E-state index is 0.163. The lowest BCUT2D eigenvalue weighted by atomic mass is 10.1. The maximum absolute atomic E-state index is 11.8. The summed E-state index contributed by atoms with van der Waals surface area (Å²) in [5, 5.41) is 12.7. The standard InChI is InChI=1S/C16H19BrN2O4/c1-16(2,3)23-15(22)19-13(14(20)21)6-9-8-18-12-7-10(17)4-5-11(9)12/h4-5,7-8,13,18H,6H2,1-3H3,(H,19,22)(H,20,21)/t13-/m1/s1. The first-order valence-electron chi connectivity index (χ1n) is 7.13. The maximum Gasteiger partial charge on any atom is 0.408 e. The van der Waals surface area contributed by atoms with E-state index in [0.717, 1.165) is 20.9 Å². The van der Waals surface area contributed by atoms with Gasteiger partial charge in [0.2, 0.25) is 0 Å². The van der Waals surface area contributed by atoms with Gasteiger partial charge >= 0.3 is 12.1 Å². The Kier molecular flexibility index (Phi) is 4.99. The van der Waals surface area contributed by atoms with Gasteiger partial charge in [0.15, 0.2) is 0 Å². The lowest BCUT2D eigenvalue weighted by Gasteiger charge is -2.22. The number of ether oxygens (including phenoxy) is 1. The third-order valence-corrected chi connectivity index (χ3v) is 3.64. The Morgan fingerprint density at radius 2 is 2.09 bits per heavy atom. The second-order valence-corrected chi connectivity index (χ2v) is 7.16. The molecule has 1 atom stereocenters. The van der Waals surface area contributed by atoms with Gasteiger partial charge in [0.05, 0.1) is 0 Å². The third-order valence-electron chi connectivity index (χ3n) is 3.14. The number of amides is 1. The number of rotatable bonds is 4. The predicted molar refractivity (Wildman–Crippen MR) is 90.5 cm³/mol. The lowest BCUT2D eigenvalue weighted by Crippen LogP contribution is -2.44. The fourth-order valence-corrected chi connectivity index (χ4v) is 2.56. The normalized spacial score (nSPS) is 12.9. The molecule has 0 fully saturated rings. The molecule has 0 spiro atoms. The Balaban J connectivity index is 2.15. The van der Waals surface area contributed by atoms with E-state index >= 15 is 0 Å². The Labute approximate surface area is 142 Å². The summed E-state index contributed by atoms with van der Waals surface area (Å²) in [6.45, 7) is 5.17. The molecular weight excluding hydrogens is 364 g/mol. The number of halogens is 1. The van der Waals surface area contributed by atoms with Gasteiger partial charge in [-0.15, -0.1) is 0 Å². The summed E-state index contributed by atoms with van der Waals surface area (Å²) < 4.78 is 6.04. The lowest BCUT2D eigenvalue weighted by molar-refractivity contribution is -0.139. The number of nitrogens with one attached hydrogen (secondary N) is 2. The van der Waals surface area contributed by atoms with Crippen molar-refractivity contribution < 1.29 is 19.4 Å². The van der Waals surface area contributed by atoms with Gasteiger partial charge < -0.3 is 20.1 Å². The Bertz CT molecular complexity index is 733. The predicted octanol–water partition coefficient (Wildman–Crippen LogP) is 3.45. The van der Waals surface area contributed by atoms with Crippen molar-refractivity contribution in [1.82, 2.24) is 10.3 Å². The molecular formula is C16H19BrN2O4. The van der Waals surface area contributed by atoms with Gasteiger partial charge in [-0.3, -0.25) is 0 Å². The molecule has 2 aromatic rings. The molecule has 0 aliphatic rings. The van der Waals surface area contributed by atoms with Gasteiger partial charge in [0.1, 0.15) is 11.6 Å². The van der Waals surface area contributed by atoms with Gasteiger partial charge in [-0.2, -0.15) is 0 Å². The van der Waals surface area contributed by atoms with Crippen molar-refractivity contribution in [2.24, 2.45) is 0 Å². The van der Waals surface area contributed by atoms with E-state index in [1.54, 1.807) is 27.0 Å². The van der Waals surface area contributed by atoms with Crippen molar-refractivity contribution in [1.29, 1.82) is 0 Å². The minimum Gasteiger partial charge on any atom is -0.480 e. The van der Waals surface area contributed by atoms with E-state index in [4.69, 9.17) is 4.74 Å². The van der Waals surface area contributed by atoms with Gasteiger partial charge in [0, 0.05) is 28.0 Å². The fourth-order valence-electron chi connectivity index (χ4n) is 2.20. The van der Waals surface area contributed by atoms with Crippen LogP contribution < -0.4 is 5.32 Å². The molecule has 0 aliphatic carbocycles. The van der Waals surface area contributed by atoms with Gasteiger partial charge in [0.25, 0.3) is 0 Å². The molecule has 1 aromatic heterocycles. The molecule has 7 heteroatoms. The second kappa shape index (κ2) is 6.62. The molecule has 124 valence electrons. The van der Waals surface area contributed by atoms with Crippen LogP contribution in [0.3, 0.4) is 0 Å². The van der Waals surface area contributed by atoms with Crippen molar-refractivity contribution in [2.45, 2.75) is 38.8 Å². The van der Waals surface area contributed by atoms with E-state index in [0.29, 0.717) is 0 Å². The summed E-state index contributed by atoms with van der Waals surface area (Å²) >= 11 is 3.39. The van der Waals surface area contributed by atoms with Crippen LogP contribution in [-0.2, 0) is 16.0 Å². The SMILES string of the molecule is CC(C)(C)OC(=O)N[C@H](Cc1c[nH]c2cc(Br)ccc12)C(=O)O. The van der Waals surface area contributed by atoms with Crippen LogP contribution in [0.5, 0.6) is 0 Å². The summed E-state index contributed by atoms with van der Waals surface area (Å²) in [6.07, 6.45) is 1.17. The summed E-state index contributed by atoms with van der Waals surface area (Å²) in [7, 11) is 0. The van der Waals surface area contributed by atoms with Crippen molar-refractivity contribution in [2.75, 3.05) is 0 Å². The van der Waals surface area contributed by atoms with Crippen molar-refractivity contribution in [3.8, 4) is 0 Å². The number of H-pyrrole nitrogens is 1. The number of hydrogen-bond donors (Lipinski definition) is 3. The van der Waals surface area contributed by atoms with E-state index in [1.807, 2.05) is 18.2 Å². The number of carbonyl (C=O) groups is 2. The highest BCUT2D eigenvalue weighted by Gasteiger charge is 2.25. The van der Waals surface area contributed by atoms with Crippen LogP contribution in [0.15, 0.2) is 28.9 Å². The molecule has 23 heavy (non-hydrogen) atoms. The number of benzene rings is 1. The second-order valence-electron chi connectivity index (χ2n) is 6.24. The number of carboxylic acid groups (broad SMARTS) is 1. The third kappa shape index (κ3) is 4.72. The highest BCUT2D eigenvalue weighted by Crippen LogP contribution is 2.23. The zero-order valence-electron chi connectivity index (χ0n) is 13.1. The van der Waals surface area contributed by atoms with Gasteiger partial charge in [-0.1, -0.05) is 22.0 Å². The Morgan fingerprint density at radius 3 is 2.70 bits per heavy atom. The van der Waals surface area contributed by atoms with E-state index < -0.39 is 23.7 Å². The molecule has 0 bridgehead atoms. The van der Waals surface area contributed by atoms with Crippen molar-refractivity contribution >= 4 is 38.9 Å². The number of aromatic amines is 1. The van der Waals surface area contributed by atoms with Crippen molar-refractivity contribution in [3.05, 3.63) is 34.4 Å². The van der Waals surface area contributed by atoms with Crippen LogP contribution in [0.2, 0.25) is 0 Å². The molecule has 0 saturated heterocycles. The molecule has 1 aromatic carbocycles. The highest BCUT2D eigenvalue weighted by atomic mass is 79.9. The molecule has 0 radical (unpaired) electrons. The van der Waals surface area contributed by atoms with E-state index in [9.17, 15) is 14.7 Å². The molecule has 0 unspecified atom stereocenters. The topological polar surface area (TPSA) is 91.4 Å². The van der Waals surface area contributed by atoms with Crippen LogP contribution >= 0.6 is 15.9 Å². The van der Waals surface area contributed by atoms with Crippen LogP contribution in [-0.4, -0.2) is 33.8 Å². The number of alkyl carbamates (subject to hydrolysis) is 1. The fraction of sp³-hybridized carbons (Fsp3) is 0.375. The summed E-state index contributed by atoms with van der Waals surface area (Å²) in [5.74, 6) is -1.11. The van der Waals surface area contributed by atoms with Gasteiger partial charge in [-0.25, -0.2) is 9.59 Å². The number of carboxylic acids is 1. The van der Waals surface area contributed by atoms with E-state index in [1.165, 1.54) is 0 Å². The first-order valence-corrected chi connectivity index (χ1v) is 7.93. The van der Waals surface area contributed by atoms with E-state index in [-0.39, 0.29) is 6.42 Å². The minimum atomic E-state index is -1.11. The quantitative estimate of drug-likeness (QED) is 0.754. The molecule has 2 rings (SSSR count). The summed E-state index contributed by atoms with van der Waals surface area (Å²) in [5.41, 5.74) is 1.03. The highest BCUT2D eigenvalue weighted by molar-refractivity contribution is 9.10. The van der Waals surface area contributed by atoms with Gasteiger partial charge in [-0.05, 0) is 38.5 Å². The monoisotopic (exact) mass is 382 g/mol. The molecule has 0 saturated carbocycles. The summed E-state index contributed by atoms with van der Waals surface area (Å²) in [4.78, 5) is 26.3. The average molecular weight is 383 g/mol. The van der Waals surface area contributed by atoms with Crippen molar-refractivity contribution in [3.63, 3.8) is 0 Å². The number of aromatic nitrogens is 1. The molecule has 0 aliphatic heterocycles. The molecule has 3 N–H and O–H groups in total. The number of fused-ring (bicyclic) bond motifs is 1. The number of carbonyl (C=O) groups excluding carboxylic acids is 1. The van der Waals surface area contributed by atoms with Crippen LogP contribution in [0, 0.1) is 0 Å². The van der Waals surface area contributed by atoms with Crippen LogP contribution in [0.25, 0.3) is 10.9 Å². The number of hydrogen-bond acceptors (Lipinski definition) is 3. The van der Waals surface area contributed by atoms with Crippen LogP contribution in [0.1, 0.15) is 26.3 Å². The number of aliphatic carboxylic acids is 1. The first-order chi connectivity index (χ1) is 10.7. The zero-order chi connectivity index (χ0) is 17.2. The van der Waals surface area contributed by atoms with Crippen LogP contribution in [0.4, 0.5) is 4.79 Å². The molecule has 1 amide bonds. The largest absolute Gasteiger partial charge is 0.480 e. The maximum atomic E-state index is 11.8. The molecule has 6 nitrogen and oxygen atoms in total. The Hall–Kier alpha value is -2.02. The smallest absolute Gasteiger partial charge is 0.408 e. The Morgan fingerprint density at radius 1 is 1.39 bits per heavy atom. The van der Waals surface area contributed by atoms with E-state index in [2.05, 4.69) is 26.2 Å². The summed E-state index contributed by atoms with van der Waals surface area (Å²) in [6, 6.07) is 4.64.